The molecule has 0 spiro atoms. The van der Waals surface area contributed by atoms with Crippen LogP contribution >= 0.6 is 0 Å². The van der Waals surface area contributed by atoms with Gasteiger partial charge in [-0.3, -0.25) is 14.9 Å². The Bertz CT molecular complexity index is 1190. The van der Waals surface area contributed by atoms with Gasteiger partial charge in [-0.1, -0.05) is 24.3 Å². The average Bonchev–Trinajstić information content (AvgIpc) is 3.49. The zero-order valence-corrected chi connectivity index (χ0v) is 19.1. The molecule has 10 heteroatoms. The molecule has 5 aliphatic rings. The van der Waals surface area contributed by atoms with Gasteiger partial charge in [0.15, 0.2) is 11.1 Å². The minimum absolute atomic E-state index is 0.0374. The van der Waals surface area contributed by atoms with Crippen molar-refractivity contribution in [1.82, 2.24) is 5.32 Å². The summed E-state index contributed by atoms with van der Waals surface area (Å²) in [5.74, 6) is -2.51. The fourth-order valence-electron chi connectivity index (χ4n) is 6.69. The molecule has 5 aliphatic heterocycles. The summed E-state index contributed by atoms with van der Waals surface area (Å²) in [5.41, 5.74) is 0.128. The van der Waals surface area contributed by atoms with Gasteiger partial charge in [-0.2, -0.15) is 0 Å². The first-order chi connectivity index (χ1) is 15.4. The topological polar surface area (TPSA) is 108 Å². The highest BCUT2D eigenvalue weighted by Crippen LogP contribution is 2.52. The molecule has 33 heavy (non-hydrogen) atoms. The lowest BCUT2D eigenvalue weighted by Gasteiger charge is -2.54. The minimum atomic E-state index is -2.53. The molecule has 0 saturated carbocycles. The van der Waals surface area contributed by atoms with Crippen molar-refractivity contribution in [2.45, 2.75) is 51.0 Å². The highest BCUT2D eigenvalue weighted by molar-refractivity contribution is 6.79. The fraction of sp³-hybridized carbons (Fsp3) is 0.478. The van der Waals surface area contributed by atoms with Gasteiger partial charge in [-0.05, 0) is 50.4 Å². The molecule has 2 amide bonds. The van der Waals surface area contributed by atoms with Crippen LogP contribution in [0.25, 0.3) is 5.57 Å². The van der Waals surface area contributed by atoms with Crippen LogP contribution in [-0.4, -0.2) is 65.2 Å². The van der Waals surface area contributed by atoms with Crippen molar-refractivity contribution in [2.24, 2.45) is 11.8 Å². The van der Waals surface area contributed by atoms with Crippen LogP contribution < -0.4 is 10.8 Å². The first-order valence-electron chi connectivity index (χ1n) is 11.2. The number of fused-ring (bicyclic) bond motifs is 6. The molecule has 1 aromatic carbocycles. The van der Waals surface area contributed by atoms with Gasteiger partial charge in [0.05, 0.1) is 24.0 Å². The van der Waals surface area contributed by atoms with Crippen molar-refractivity contribution in [3.8, 4) is 0 Å². The normalized spacial score (nSPS) is 41.4. The second kappa shape index (κ2) is 5.74. The number of likely N-dealkylation sites (N-methyl/N-ethyl adjacent to an activating group) is 1. The van der Waals surface area contributed by atoms with E-state index in [1.54, 1.807) is 33.8 Å². The number of imide groups is 1. The molecule has 0 aliphatic carbocycles. The van der Waals surface area contributed by atoms with Gasteiger partial charge in [0, 0.05) is 7.05 Å². The molecule has 172 valence electrons. The second-order valence-corrected chi connectivity index (χ2v) is 10.8. The van der Waals surface area contributed by atoms with Crippen LogP contribution in [0.1, 0.15) is 33.3 Å². The van der Waals surface area contributed by atoms with Crippen LogP contribution in [0.4, 0.5) is 0 Å². The first kappa shape index (κ1) is 20.6. The summed E-state index contributed by atoms with van der Waals surface area (Å²) < 4.78 is 17.8. The van der Waals surface area contributed by atoms with Crippen molar-refractivity contribution < 1.29 is 37.6 Å². The van der Waals surface area contributed by atoms with E-state index >= 15 is 0 Å². The lowest BCUT2D eigenvalue weighted by atomic mass is 9.57. The summed E-state index contributed by atoms with van der Waals surface area (Å²) in [5, 5.41) is 2.40. The van der Waals surface area contributed by atoms with Crippen molar-refractivity contribution >= 4 is 41.5 Å². The number of carbonyl (C=O) groups excluding carboxylic acids is 4. The molecule has 1 N–H and O–H groups in total. The van der Waals surface area contributed by atoms with Crippen LogP contribution in [0.3, 0.4) is 0 Å². The van der Waals surface area contributed by atoms with E-state index < -0.39 is 53.7 Å². The summed E-state index contributed by atoms with van der Waals surface area (Å²) in [6, 6.07) is 7.34. The third-order valence-electron chi connectivity index (χ3n) is 9.05. The summed E-state index contributed by atoms with van der Waals surface area (Å²) in [6.07, 6.45) is 0.899. The monoisotopic (exact) mass is 452 g/mol. The molecular formula is C23H25BN2O7. The molecule has 0 radical (unpaired) electrons. The van der Waals surface area contributed by atoms with E-state index in [9.17, 15) is 19.2 Å². The summed E-state index contributed by atoms with van der Waals surface area (Å²) in [4.78, 5) is 50.5. The number of nitrogens with zero attached hydrogens (tertiary/aromatic N) is 1. The van der Waals surface area contributed by atoms with Crippen molar-refractivity contribution in [2.75, 3.05) is 7.05 Å². The van der Waals surface area contributed by atoms with Crippen LogP contribution in [0.15, 0.2) is 30.3 Å². The standard InChI is InChI=1S/C23H25BN2O7/c1-22(2)20(29)32-24(26(22,5)23(3,4)21(30)33-24)12-8-6-7-11(9-12)13-10-14-15-16(17(13)31-14)19(28)25-18(15)27/h6-10,14-17H,1-5H3,(H,25,27,28). The number of rotatable bonds is 2. The first-order valence-corrected chi connectivity index (χ1v) is 11.2. The number of nitrogens with one attached hydrogen (secondary N) is 1. The molecule has 4 fully saturated rings. The van der Waals surface area contributed by atoms with Crippen LogP contribution in [0, 0.1) is 11.8 Å². The van der Waals surface area contributed by atoms with Gasteiger partial charge >= 0.3 is 18.6 Å². The van der Waals surface area contributed by atoms with E-state index in [0.717, 1.165) is 11.1 Å². The van der Waals surface area contributed by atoms with E-state index in [1.165, 1.54) is 0 Å². The predicted octanol–water partition coefficient (Wildman–Crippen LogP) is 0.00310. The van der Waals surface area contributed by atoms with Gasteiger partial charge < -0.3 is 18.4 Å². The number of amides is 2. The van der Waals surface area contributed by atoms with Crippen LogP contribution in [-0.2, 0) is 33.2 Å². The van der Waals surface area contributed by atoms with E-state index in [4.69, 9.17) is 14.0 Å². The van der Waals surface area contributed by atoms with Crippen molar-refractivity contribution in [1.29, 1.82) is 0 Å². The maximum absolute atomic E-state index is 13.0. The molecule has 4 atom stereocenters. The molecule has 9 nitrogen and oxygen atoms in total. The number of hydrogen-bond acceptors (Lipinski definition) is 7. The van der Waals surface area contributed by atoms with Crippen LogP contribution in [0.5, 0.6) is 0 Å². The predicted molar refractivity (Wildman–Crippen MR) is 115 cm³/mol. The van der Waals surface area contributed by atoms with E-state index in [1.807, 2.05) is 31.3 Å². The molecule has 0 aromatic heterocycles. The Kier molecular flexibility index (Phi) is 3.59. The van der Waals surface area contributed by atoms with Gasteiger partial charge in [0.1, 0.15) is 0 Å². The zero-order valence-electron chi connectivity index (χ0n) is 19.1. The van der Waals surface area contributed by atoms with E-state index in [-0.39, 0.29) is 16.2 Å². The molecule has 1 aromatic rings. The van der Waals surface area contributed by atoms with E-state index in [2.05, 4.69) is 5.32 Å². The maximum Gasteiger partial charge on any atom is 0.615 e. The highest BCUT2D eigenvalue weighted by Gasteiger charge is 2.80. The van der Waals surface area contributed by atoms with Gasteiger partial charge in [0.2, 0.25) is 11.8 Å². The second-order valence-electron chi connectivity index (χ2n) is 10.8. The molecule has 4 unspecified atom stereocenters. The van der Waals surface area contributed by atoms with Crippen molar-refractivity contribution in [3.05, 3.63) is 35.9 Å². The Labute approximate surface area is 190 Å². The Hall–Kier alpha value is -2.98. The molecule has 6 rings (SSSR count). The average molecular weight is 452 g/mol. The largest absolute Gasteiger partial charge is 0.615 e. The maximum atomic E-state index is 13.0. The van der Waals surface area contributed by atoms with Gasteiger partial charge in [0.25, 0.3) is 0 Å². The smallest absolute Gasteiger partial charge is 0.596 e. The SMILES string of the molecule is CC1(C)C(=O)O[B-]2(c3cccc(C4=CC5OC4C4C(=O)NC(=O)C54)c3)OC(=O)C(C)(C)[N+]21C. The summed E-state index contributed by atoms with van der Waals surface area (Å²) in [7, 11) is 1.83. The summed E-state index contributed by atoms with van der Waals surface area (Å²) >= 11 is 0. The number of hydrogen-bond donors (Lipinski definition) is 1. The molecule has 5 heterocycles. The highest BCUT2D eigenvalue weighted by atomic mass is 16.7. The zero-order chi connectivity index (χ0) is 23.7. The minimum Gasteiger partial charge on any atom is -0.596 e. The third kappa shape index (κ3) is 2.04. The molecular weight excluding hydrogens is 427 g/mol. The quantitative estimate of drug-likeness (QED) is 0.497. The van der Waals surface area contributed by atoms with Crippen molar-refractivity contribution in [3.63, 3.8) is 0 Å². The lowest BCUT2D eigenvalue weighted by molar-refractivity contribution is -0.885. The van der Waals surface area contributed by atoms with Gasteiger partial charge in [-0.25, -0.2) is 9.59 Å². The Morgan fingerprint density at radius 2 is 1.55 bits per heavy atom. The number of ether oxygens (including phenoxy) is 1. The molecule has 2 bridgehead atoms. The van der Waals surface area contributed by atoms with Crippen LogP contribution in [0.2, 0.25) is 0 Å². The Balaban J connectivity index is 1.47. The van der Waals surface area contributed by atoms with Gasteiger partial charge in [-0.15, -0.1) is 0 Å². The summed E-state index contributed by atoms with van der Waals surface area (Å²) in [6.45, 7) is 4.56. The molecule has 4 saturated heterocycles. The van der Waals surface area contributed by atoms with E-state index in [0.29, 0.717) is 5.46 Å². The Morgan fingerprint density at radius 3 is 2.18 bits per heavy atom. The third-order valence-corrected chi connectivity index (χ3v) is 9.05. The lowest BCUT2D eigenvalue weighted by Crippen LogP contribution is -2.78. The number of benzene rings is 1. The number of quaternary nitrogens is 1. The fourth-order valence-corrected chi connectivity index (χ4v) is 6.69. The number of carbonyl (C=O) groups is 4. The Morgan fingerprint density at radius 1 is 0.939 bits per heavy atom.